The first-order chi connectivity index (χ1) is 12.3. The molecule has 7 heteroatoms. The van der Waals surface area contributed by atoms with Gasteiger partial charge in [0.15, 0.2) is 0 Å². The van der Waals surface area contributed by atoms with E-state index in [0.29, 0.717) is 26.1 Å². The molecule has 0 unspecified atom stereocenters. The van der Waals surface area contributed by atoms with Crippen LogP contribution in [-0.4, -0.2) is 38.9 Å². The molecule has 0 spiro atoms. The van der Waals surface area contributed by atoms with Crippen LogP contribution in [0.15, 0.2) is 54.0 Å². The highest BCUT2D eigenvalue weighted by Crippen LogP contribution is 2.22. The Morgan fingerprint density at radius 2 is 2.04 bits per heavy atom. The summed E-state index contributed by atoms with van der Waals surface area (Å²) in [6.07, 6.45) is 2.38. The molecule has 1 amide bonds. The third kappa shape index (κ3) is 3.71. The van der Waals surface area contributed by atoms with E-state index in [1.54, 1.807) is 11.3 Å². The second-order valence-corrected chi connectivity index (χ2v) is 7.03. The molecule has 25 heavy (non-hydrogen) atoms. The topological polar surface area (TPSA) is 60.2 Å². The Hall–Kier alpha value is -2.67. The number of carbonyl (C=O) groups is 1. The monoisotopic (exact) mass is 354 g/mol. The second-order valence-electron chi connectivity index (χ2n) is 6.00. The van der Waals surface area contributed by atoms with E-state index >= 15 is 0 Å². The highest BCUT2D eigenvalue weighted by Gasteiger charge is 2.32. The average Bonchev–Trinajstić information content (AvgIpc) is 3.25. The number of likely N-dealkylation sites (tertiary alicyclic amines) is 1. The van der Waals surface area contributed by atoms with Crippen LogP contribution >= 0.6 is 11.3 Å². The maximum absolute atomic E-state index is 12.2. The van der Waals surface area contributed by atoms with E-state index < -0.39 is 0 Å². The molecule has 1 fully saturated rings. The fourth-order valence-corrected chi connectivity index (χ4v) is 3.43. The molecule has 4 rings (SSSR count). The molecule has 0 aliphatic carbocycles. The van der Waals surface area contributed by atoms with Crippen LogP contribution in [0.25, 0.3) is 0 Å². The minimum Gasteiger partial charge on any atom is -0.487 e. The Labute approximate surface area is 149 Å². The number of hydrogen-bond donors (Lipinski definition) is 0. The van der Waals surface area contributed by atoms with Crippen LogP contribution < -0.4 is 4.74 Å². The number of rotatable bonds is 6. The van der Waals surface area contributed by atoms with Crippen molar-refractivity contribution in [1.29, 1.82) is 0 Å². The highest BCUT2D eigenvalue weighted by molar-refractivity contribution is 7.10. The van der Waals surface area contributed by atoms with Crippen LogP contribution in [0.4, 0.5) is 0 Å². The molecule has 3 heterocycles. The fraction of sp³-hybridized carbons (Fsp3) is 0.278. The van der Waals surface area contributed by atoms with Crippen LogP contribution in [0.1, 0.15) is 16.6 Å². The van der Waals surface area contributed by atoms with Crippen LogP contribution in [0.3, 0.4) is 0 Å². The highest BCUT2D eigenvalue weighted by atomic mass is 32.1. The SMILES string of the molecule is O=C(Cc1cccs1)N1CC(n2cc(COc3ccccc3)nn2)C1. The molecule has 1 aromatic carbocycles. The number of nitrogens with zero attached hydrogens (tertiary/aromatic N) is 4. The van der Waals surface area contributed by atoms with E-state index in [1.165, 1.54) is 0 Å². The van der Waals surface area contributed by atoms with Gasteiger partial charge in [0, 0.05) is 18.0 Å². The summed E-state index contributed by atoms with van der Waals surface area (Å²) in [5.41, 5.74) is 0.784. The summed E-state index contributed by atoms with van der Waals surface area (Å²) in [5, 5.41) is 10.3. The lowest BCUT2D eigenvalue weighted by atomic mass is 10.1. The molecular formula is C18H18N4O2S. The molecule has 0 atom stereocenters. The van der Waals surface area contributed by atoms with Gasteiger partial charge in [-0.05, 0) is 23.6 Å². The molecule has 128 valence electrons. The van der Waals surface area contributed by atoms with E-state index in [9.17, 15) is 4.79 Å². The maximum Gasteiger partial charge on any atom is 0.227 e. The van der Waals surface area contributed by atoms with E-state index in [4.69, 9.17) is 4.74 Å². The molecule has 0 N–H and O–H groups in total. The minimum absolute atomic E-state index is 0.173. The van der Waals surface area contributed by atoms with Crippen molar-refractivity contribution in [3.63, 3.8) is 0 Å². The Bertz CT molecular complexity index is 826. The van der Waals surface area contributed by atoms with Crippen molar-refractivity contribution in [3.05, 3.63) is 64.6 Å². The molecule has 3 aromatic rings. The predicted molar refractivity (Wildman–Crippen MR) is 94.4 cm³/mol. The first-order valence-electron chi connectivity index (χ1n) is 8.16. The van der Waals surface area contributed by atoms with Crippen molar-refractivity contribution in [2.24, 2.45) is 0 Å². The third-order valence-corrected chi connectivity index (χ3v) is 5.06. The lowest BCUT2D eigenvalue weighted by Gasteiger charge is -2.38. The van der Waals surface area contributed by atoms with Gasteiger partial charge in [0.05, 0.1) is 18.7 Å². The standard InChI is InChI=1S/C18H18N4O2S/c23-18(9-17-7-4-8-25-17)21-11-15(12-21)22-10-14(19-20-22)13-24-16-5-2-1-3-6-16/h1-8,10,15H,9,11-13H2. The van der Waals surface area contributed by atoms with Gasteiger partial charge in [0.1, 0.15) is 18.1 Å². The zero-order valence-corrected chi connectivity index (χ0v) is 14.4. The lowest BCUT2D eigenvalue weighted by molar-refractivity contribution is -0.136. The third-order valence-electron chi connectivity index (χ3n) is 4.18. The summed E-state index contributed by atoms with van der Waals surface area (Å²) >= 11 is 1.62. The molecule has 0 saturated carbocycles. The molecule has 1 aliphatic rings. The maximum atomic E-state index is 12.2. The van der Waals surface area contributed by atoms with Gasteiger partial charge in [-0.3, -0.25) is 4.79 Å². The van der Waals surface area contributed by atoms with Gasteiger partial charge in [-0.25, -0.2) is 4.68 Å². The molecule has 2 aromatic heterocycles. The van der Waals surface area contributed by atoms with E-state index in [1.807, 2.05) is 63.6 Å². The van der Waals surface area contributed by atoms with Crippen molar-refractivity contribution in [2.75, 3.05) is 13.1 Å². The number of carbonyl (C=O) groups excluding carboxylic acids is 1. The molecule has 0 radical (unpaired) electrons. The second kappa shape index (κ2) is 7.06. The van der Waals surface area contributed by atoms with Crippen LogP contribution in [-0.2, 0) is 17.8 Å². The van der Waals surface area contributed by atoms with Crippen molar-refractivity contribution >= 4 is 17.2 Å². The molecule has 6 nitrogen and oxygen atoms in total. The zero-order chi connectivity index (χ0) is 17.1. The van der Waals surface area contributed by atoms with Gasteiger partial charge in [0.2, 0.25) is 5.91 Å². The summed E-state index contributed by atoms with van der Waals surface area (Å²) in [5.74, 6) is 0.984. The Morgan fingerprint density at radius 3 is 2.80 bits per heavy atom. The van der Waals surface area contributed by atoms with Gasteiger partial charge in [-0.1, -0.05) is 29.5 Å². The van der Waals surface area contributed by atoms with E-state index in [2.05, 4.69) is 10.3 Å². The van der Waals surface area contributed by atoms with Gasteiger partial charge >= 0.3 is 0 Å². The number of aromatic nitrogens is 3. The van der Waals surface area contributed by atoms with Crippen LogP contribution in [0, 0.1) is 0 Å². The number of hydrogen-bond acceptors (Lipinski definition) is 5. The smallest absolute Gasteiger partial charge is 0.227 e. The quantitative estimate of drug-likeness (QED) is 0.683. The number of amides is 1. The van der Waals surface area contributed by atoms with E-state index in [-0.39, 0.29) is 11.9 Å². The van der Waals surface area contributed by atoms with Crippen molar-refractivity contribution in [2.45, 2.75) is 19.1 Å². The summed E-state index contributed by atoms with van der Waals surface area (Å²) in [7, 11) is 0. The molecule has 0 bridgehead atoms. The van der Waals surface area contributed by atoms with Gasteiger partial charge in [-0.2, -0.15) is 0 Å². The number of ether oxygens (including phenoxy) is 1. The van der Waals surface area contributed by atoms with Crippen LogP contribution in [0.5, 0.6) is 5.75 Å². The molecule has 1 saturated heterocycles. The first-order valence-corrected chi connectivity index (χ1v) is 9.04. The largest absolute Gasteiger partial charge is 0.487 e. The van der Waals surface area contributed by atoms with Gasteiger partial charge in [0.25, 0.3) is 0 Å². The van der Waals surface area contributed by atoms with E-state index in [0.717, 1.165) is 16.3 Å². The molecule has 1 aliphatic heterocycles. The number of thiophene rings is 1. The summed E-state index contributed by atoms with van der Waals surface area (Å²) in [6, 6.07) is 13.8. The Kier molecular flexibility index (Phi) is 4.47. The minimum atomic E-state index is 0.173. The normalized spacial score (nSPS) is 14.3. The Morgan fingerprint density at radius 1 is 1.20 bits per heavy atom. The molecular weight excluding hydrogens is 336 g/mol. The fourth-order valence-electron chi connectivity index (χ4n) is 2.73. The summed E-state index contributed by atoms with van der Waals surface area (Å²) in [4.78, 5) is 15.2. The van der Waals surface area contributed by atoms with Gasteiger partial charge in [-0.15, -0.1) is 16.4 Å². The van der Waals surface area contributed by atoms with Crippen LogP contribution in [0.2, 0.25) is 0 Å². The first kappa shape index (κ1) is 15.8. The Balaban J connectivity index is 1.27. The number of para-hydroxylation sites is 1. The van der Waals surface area contributed by atoms with Gasteiger partial charge < -0.3 is 9.64 Å². The zero-order valence-electron chi connectivity index (χ0n) is 13.6. The number of benzene rings is 1. The summed E-state index contributed by atoms with van der Waals surface area (Å²) in [6.45, 7) is 1.76. The summed E-state index contributed by atoms with van der Waals surface area (Å²) < 4.78 is 7.51. The van der Waals surface area contributed by atoms with Crippen molar-refractivity contribution < 1.29 is 9.53 Å². The lowest BCUT2D eigenvalue weighted by Crippen LogP contribution is -2.51. The van der Waals surface area contributed by atoms with Crippen molar-refractivity contribution in [3.8, 4) is 5.75 Å². The van der Waals surface area contributed by atoms with Crippen molar-refractivity contribution in [1.82, 2.24) is 19.9 Å². The predicted octanol–water partition coefficient (Wildman–Crippen LogP) is 2.54. The average molecular weight is 354 g/mol.